The van der Waals surface area contributed by atoms with Gasteiger partial charge in [0.2, 0.25) is 5.91 Å². The van der Waals surface area contributed by atoms with Gasteiger partial charge in [-0.1, -0.05) is 0 Å². The Balaban J connectivity index is 2.62. The van der Waals surface area contributed by atoms with E-state index in [2.05, 4.69) is 5.10 Å². The Hall–Kier alpha value is -1.85. The summed E-state index contributed by atoms with van der Waals surface area (Å²) in [5, 5.41) is 3.94. The number of carbonyl (C=O) groups excluding carboxylic acids is 2. The summed E-state index contributed by atoms with van der Waals surface area (Å²) in [4.78, 5) is 24.5. The maximum absolute atomic E-state index is 11.6. The van der Waals surface area contributed by atoms with Crippen LogP contribution >= 0.6 is 0 Å². The molecule has 0 aliphatic rings. The number of nitrogens with zero attached hydrogens (tertiary/aromatic N) is 3. The minimum Gasteiger partial charge on any atom is -0.462 e. The summed E-state index contributed by atoms with van der Waals surface area (Å²) >= 11 is 0. The first-order valence-corrected chi connectivity index (χ1v) is 5.52. The van der Waals surface area contributed by atoms with Crippen LogP contribution in [0.1, 0.15) is 24.2 Å². The molecular weight excluding hydrogens is 222 g/mol. The molecule has 0 aliphatic carbocycles. The smallest absolute Gasteiger partial charge is 0.341 e. The van der Waals surface area contributed by atoms with Gasteiger partial charge in [-0.2, -0.15) is 5.10 Å². The van der Waals surface area contributed by atoms with Crippen LogP contribution in [0.5, 0.6) is 0 Å². The molecule has 0 saturated heterocycles. The van der Waals surface area contributed by atoms with Gasteiger partial charge in [0.25, 0.3) is 0 Å². The number of hydrogen-bond donors (Lipinski definition) is 0. The van der Waals surface area contributed by atoms with E-state index in [0.717, 1.165) is 0 Å². The first-order chi connectivity index (χ1) is 8.08. The highest BCUT2D eigenvalue weighted by atomic mass is 16.5. The normalized spacial score (nSPS) is 10.1. The van der Waals surface area contributed by atoms with Gasteiger partial charge in [0.1, 0.15) is 6.54 Å². The third kappa shape index (κ3) is 3.58. The number of carbonyl (C=O) groups is 2. The van der Waals surface area contributed by atoms with Crippen LogP contribution in [0.25, 0.3) is 0 Å². The zero-order chi connectivity index (χ0) is 12.8. The molecule has 0 bridgehead atoms. The third-order valence-corrected chi connectivity index (χ3v) is 2.34. The second-order valence-corrected chi connectivity index (χ2v) is 3.55. The molecule has 0 spiro atoms. The lowest BCUT2D eigenvalue weighted by atomic mass is 10.4. The van der Waals surface area contributed by atoms with E-state index in [1.807, 2.05) is 6.92 Å². The van der Waals surface area contributed by atoms with Crippen LogP contribution in [-0.2, 0) is 16.1 Å². The van der Waals surface area contributed by atoms with Crippen molar-refractivity contribution in [3.63, 3.8) is 0 Å². The fraction of sp³-hybridized carbons (Fsp3) is 0.545. The third-order valence-electron chi connectivity index (χ3n) is 2.34. The van der Waals surface area contributed by atoms with E-state index >= 15 is 0 Å². The summed E-state index contributed by atoms with van der Waals surface area (Å²) in [5.41, 5.74) is 0.360. The quantitative estimate of drug-likeness (QED) is 0.703. The summed E-state index contributed by atoms with van der Waals surface area (Å²) in [6.07, 6.45) is 2.91. The Morgan fingerprint density at radius 1 is 1.47 bits per heavy atom. The zero-order valence-electron chi connectivity index (χ0n) is 10.3. The van der Waals surface area contributed by atoms with Gasteiger partial charge >= 0.3 is 5.97 Å². The molecule has 0 aliphatic heterocycles. The largest absolute Gasteiger partial charge is 0.462 e. The molecule has 0 unspecified atom stereocenters. The van der Waals surface area contributed by atoms with E-state index in [4.69, 9.17) is 4.74 Å². The van der Waals surface area contributed by atoms with Crippen molar-refractivity contribution in [1.82, 2.24) is 14.7 Å². The molecule has 1 heterocycles. The number of likely N-dealkylation sites (N-methyl/N-ethyl adjacent to an activating group) is 1. The highest BCUT2D eigenvalue weighted by Gasteiger charge is 2.12. The predicted molar refractivity (Wildman–Crippen MR) is 61.5 cm³/mol. The summed E-state index contributed by atoms with van der Waals surface area (Å²) in [6.45, 7) is 4.73. The van der Waals surface area contributed by atoms with E-state index in [1.165, 1.54) is 17.1 Å². The van der Waals surface area contributed by atoms with Crippen LogP contribution < -0.4 is 0 Å². The monoisotopic (exact) mass is 239 g/mol. The lowest BCUT2D eigenvalue weighted by Crippen LogP contribution is -2.30. The fourth-order valence-corrected chi connectivity index (χ4v) is 1.21. The Kier molecular flexibility index (Phi) is 4.68. The van der Waals surface area contributed by atoms with E-state index in [0.29, 0.717) is 18.7 Å². The van der Waals surface area contributed by atoms with Gasteiger partial charge in [-0.3, -0.25) is 9.48 Å². The van der Waals surface area contributed by atoms with Crippen molar-refractivity contribution in [2.75, 3.05) is 20.2 Å². The zero-order valence-corrected chi connectivity index (χ0v) is 10.3. The van der Waals surface area contributed by atoms with Crippen molar-refractivity contribution in [1.29, 1.82) is 0 Å². The number of ether oxygens (including phenoxy) is 1. The molecule has 1 aromatic heterocycles. The predicted octanol–water partition coefficient (Wildman–Crippen LogP) is 0.538. The van der Waals surface area contributed by atoms with E-state index in [1.54, 1.807) is 18.9 Å². The van der Waals surface area contributed by atoms with Gasteiger partial charge in [-0.15, -0.1) is 0 Å². The van der Waals surface area contributed by atoms with E-state index < -0.39 is 5.97 Å². The van der Waals surface area contributed by atoms with Crippen LogP contribution in [0.4, 0.5) is 0 Å². The second-order valence-electron chi connectivity index (χ2n) is 3.55. The molecule has 6 heteroatoms. The summed E-state index contributed by atoms with van der Waals surface area (Å²) in [5.74, 6) is -0.471. The van der Waals surface area contributed by atoms with Crippen molar-refractivity contribution in [3.8, 4) is 0 Å². The minimum atomic E-state index is -0.421. The van der Waals surface area contributed by atoms with E-state index in [-0.39, 0.29) is 12.5 Å². The van der Waals surface area contributed by atoms with Gasteiger partial charge in [0.05, 0.1) is 18.4 Å². The molecule has 0 atom stereocenters. The lowest BCUT2D eigenvalue weighted by molar-refractivity contribution is -0.130. The summed E-state index contributed by atoms with van der Waals surface area (Å²) in [6, 6.07) is 0. The van der Waals surface area contributed by atoms with Crippen LogP contribution in [0.15, 0.2) is 12.4 Å². The number of rotatable bonds is 5. The number of amides is 1. The molecule has 94 valence electrons. The fourth-order valence-electron chi connectivity index (χ4n) is 1.21. The summed E-state index contributed by atoms with van der Waals surface area (Å²) in [7, 11) is 1.72. The first kappa shape index (κ1) is 13.2. The average molecular weight is 239 g/mol. The molecule has 1 rings (SSSR count). The van der Waals surface area contributed by atoms with Crippen molar-refractivity contribution < 1.29 is 14.3 Å². The van der Waals surface area contributed by atoms with Gasteiger partial charge in [-0.05, 0) is 13.8 Å². The van der Waals surface area contributed by atoms with Crippen LogP contribution in [0.2, 0.25) is 0 Å². The van der Waals surface area contributed by atoms with Crippen LogP contribution in [-0.4, -0.2) is 46.8 Å². The molecule has 6 nitrogen and oxygen atoms in total. The molecule has 0 radical (unpaired) electrons. The molecule has 0 fully saturated rings. The van der Waals surface area contributed by atoms with Gasteiger partial charge in [-0.25, -0.2) is 4.79 Å². The molecule has 1 aromatic rings. The molecule has 1 amide bonds. The van der Waals surface area contributed by atoms with Crippen molar-refractivity contribution in [3.05, 3.63) is 18.0 Å². The molecule has 0 N–H and O–H groups in total. The maximum atomic E-state index is 11.6. The standard InChI is InChI=1S/C11H17N3O3/c1-4-13(3)10(15)8-14-7-9(6-12-14)11(16)17-5-2/h6-7H,4-5,8H2,1-3H3. The molecular formula is C11H17N3O3. The SMILES string of the molecule is CCOC(=O)c1cnn(CC(=O)N(C)CC)c1. The maximum Gasteiger partial charge on any atom is 0.341 e. The highest BCUT2D eigenvalue weighted by molar-refractivity contribution is 5.88. The number of aromatic nitrogens is 2. The molecule has 0 aromatic carbocycles. The van der Waals surface area contributed by atoms with E-state index in [9.17, 15) is 9.59 Å². The van der Waals surface area contributed by atoms with Crippen molar-refractivity contribution >= 4 is 11.9 Å². The van der Waals surface area contributed by atoms with Crippen molar-refractivity contribution in [2.45, 2.75) is 20.4 Å². The second kappa shape index (κ2) is 6.03. The Morgan fingerprint density at radius 3 is 2.76 bits per heavy atom. The highest BCUT2D eigenvalue weighted by Crippen LogP contribution is 2.01. The first-order valence-electron chi connectivity index (χ1n) is 5.52. The minimum absolute atomic E-state index is 0.0500. The number of esters is 1. The number of hydrogen-bond acceptors (Lipinski definition) is 4. The van der Waals surface area contributed by atoms with Gasteiger partial charge in [0, 0.05) is 19.8 Å². The molecule has 0 saturated carbocycles. The van der Waals surface area contributed by atoms with Crippen LogP contribution in [0, 0.1) is 0 Å². The topological polar surface area (TPSA) is 64.4 Å². The van der Waals surface area contributed by atoms with Gasteiger partial charge in [0.15, 0.2) is 0 Å². The Bertz CT molecular complexity index is 400. The summed E-state index contributed by atoms with van der Waals surface area (Å²) < 4.78 is 6.26. The lowest BCUT2D eigenvalue weighted by Gasteiger charge is -2.13. The Morgan fingerprint density at radius 2 is 2.18 bits per heavy atom. The van der Waals surface area contributed by atoms with Gasteiger partial charge < -0.3 is 9.64 Å². The van der Waals surface area contributed by atoms with Crippen LogP contribution in [0.3, 0.4) is 0 Å². The average Bonchev–Trinajstić information content (AvgIpc) is 2.76. The Labute approximate surface area is 100 Å². The van der Waals surface area contributed by atoms with Crippen molar-refractivity contribution in [2.24, 2.45) is 0 Å². The molecule has 17 heavy (non-hydrogen) atoms.